The monoisotopic (exact) mass is 269 g/mol. The molecule has 2 aromatic rings. The summed E-state index contributed by atoms with van der Waals surface area (Å²) in [6, 6.07) is 16.8. The van der Waals surface area contributed by atoms with Gasteiger partial charge in [0.2, 0.25) is 0 Å². The second kappa shape index (κ2) is 7.71. The van der Waals surface area contributed by atoms with E-state index < -0.39 is 0 Å². The highest BCUT2D eigenvalue weighted by molar-refractivity contribution is 5.30. The van der Waals surface area contributed by atoms with Crippen molar-refractivity contribution in [1.29, 1.82) is 0 Å². The van der Waals surface area contributed by atoms with Gasteiger partial charge in [-0.3, -0.25) is 0 Å². The molecule has 0 unspecified atom stereocenters. The molecule has 20 heavy (non-hydrogen) atoms. The Morgan fingerprint density at radius 2 is 1.60 bits per heavy atom. The van der Waals surface area contributed by atoms with Crippen LogP contribution in [0.5, 0.6) is 5.75 Å². The molecule has 2 heteroatoms. The number of aryl methyl sites for hydroxylation is 1. The second-order valence-electron chi connectivity index (χ2n) is 4.84. The molecule has 0 saturated carbocycles. The van der Waals surface area contributed by atoms with E-state index in [0.717, 1.165) is 25.3 Å². The summed E-state index contributed by atoms with van der Waals surface area (Å²) in [5, 5.41) is 3.36. The number of hydrogen-bond acceptors (Lipinski definition) is 2. The molecule has 2 nitrogen and oxygen atoms in total. The van der Waals surface area contributed by atoms with Gasteiger partial charge in [-0.1, -0.05) is 50.2 Å². The largest absolute Gasteiger partial charge is 0.489 e. The van der Waals surface area contributed by atoms with E-state index in [9.17, 15) is 0 Å². The molecule has 0 saturated heterocycles. The van der Waals surface area contributed by atoms with Gasteiger partial charge < -0.3 is 10.1 Å². The molecule has 2 aromatic carbocycles. The summed E-state index contributed by atoms with van der Waals surface area (Å²) in [6.07, 6.45) is 1.06. The summed E-state index contributed by atoms with van der Waals surface area (Å²) in [5.41, 5.74) is 3.89. The molecule has 0 bridgehead atoms. The maximum atomic E-state index is 5.88. The quantitative estimate of drug-likeness (QED) is 0.822. The zero-order valence-corrected chi connectivity index (χ0v) is 12.4. The van der Waals surface area contributed by atoms with Crippen molar-refractivity contribution < 1.29 is 4.74 Å². The van der Waals surface area contributed by atoms with Crippen LogP contribution in [0, 0.1) is 0 Å². The van der Waals surface area contributed by atoms with Crippen LogP contribution < -0.4 is 10.1 Å². The van der Waals surface area contributed by atoms with Gasteiger partial charge in [-0.05, 0) is 41.8 Å². The first kappa shape index (κ1) is 14.6. The molecule has 0 aliphatic rings. The number of rotatable bonds is 7. The Hall–Kier alpha value is -1.80. The molecule has 0 heterocycles. The van der Waals surface area contributed by atoms with Crippen LogP contribution in [0.3, 0.4) is 0 Å². The fraction of sp³-hybridized carbons (Fsp3) is 0.333. The fourth-order valence-corrected chi connectivity index (χ4v) is 2.11. The van der Waals surface area contributed by atoms with Crippen LogP contribution in [0.4, 0.5) is 0 Å². The van der Waals surface area contributed by atoms with Gasteiger partial charge in [0.25, 0.3) is 0 Å². The molecular formula is C18H23NO. The van der Waals surface area contributed by atoms with Gasteiger partial charge in [-0.25, -0.2) is 0 Å². The van der Waals surface area contributed by atoms with Crippen LogP contribution >= 0.6 is 0 Å². The lowest BCUT2D eigenvalue weighted by atomic mass is 10.1. The molecule has 0 aliphatic heterocycles. The second-order valence-corrected chi connectivity index (χ2v) is 4.84. The summed E-state index contributed by atoms with van der Waals surface area (Å²) in [7, 11) is 0. The van der Waals surface area contributed by atoms with Crippen LogP contribution in [0.1, 0.15) is 30.5 Å². The number of hydrogen-bond donors (Lipinski definition) is 1. The lowest BCUT2D eigenvalue weighted by Crippen LogP contribution is -2.13. The zero-order valence-electron chi connectivity index (χ0n) is 12.4. The van der Waals surface area contributed by atoms with Crippen molar-refractivity contribution in [3.8, 4) is 5.75 Å². The Morgan fingerprint density at radius 3 is 2.25 bits per heavy atom. The Balaban J connectivity index is 1.98. The summed E-state index contributed by atoms with van der Waals surface area (Å²) in [5.74, 6) is 0.931. The average Bonchev–Trinajstić information content (AvgIpc) is 2.52. The van der Waals surface area contributed by atoms with E-state index in [0.29, 0.717) is 6.61 Å². The molecule has 0 aliphatic carbocycles. The van der Waals surface area contributed by atoms with Crippen molar-refractivity contribution in [2.24, 2.45) is 0 Å². The molecular weight excluding hydrogens is 246 g/mol. The Labute approximate surface area is 121 Å². The van der Waals surface area contributed by atoms with E-state index in [1.807, 2.05) is 12.1 Å². The standard InChI is InChI=1S/C18H23NO/c1-3-15-9-11-18(12-10-15)20-14-17-8-6-5-7-16(17)13-19-4-2/h5-12,19H,3-4,13-14H2,1-2H3. The SMILES string of the molecule is CCNCc1ccccc1COc1ccc(CC)cc1. The first-order valence-electron chi connectivity index (χ1n) is 7.32. The van der Waals surface area contributed by atoms with E-state index in [1.165, 1.54) is 16.7 Å². The van der Waals surface area contributed by atoms with Crippen molar-refractivity contribution in [3.05, 3.63) is 65.2 Å². The normalized spacial score (nSPS) is 10.5. The molecule has 106 valence electrons. The van der Waals surface area contributed by atoms with Gasteiger partial charge in [0, 0.05) is 6.54 Å². The first-order valence-corrected chi connectivity index (χ1v) is 7.32. The summed E-state index contributed by atoms with van der Waals surface area (Å²) < 4.78 is 5.88. The molecule has 0 fully saturated rings. The van der Waals surface area contributed by atoms with Crippen LogP contribution in [-0.2, 0) is 19.6 Å². The number of benzene rings is 2. The molecule has 0 amide bonds. The van der Waals surface area contributed by atoms with Crippen LogP contribution in [-0.4, -0.2) is 6.54 Å². The van der Waals surface area contributed by atoms with Crippen molar-refractivity contribution in [2.75, 3.05) is 6.54 Å². The number of nitrogens with one attached hydrogen (secondary N) is 1. The predicted octanol–water partition coefficient (Wildman–Crippen LogP) is 3.94. The summed E-state index contributed by atoms with van der Waals surface area (Å²) in [4.78, 5) is 0. The van der Waals surface area contributed by atoms with E-state index in [1.54, 1.807) is 0 Å². The Morgan fingerprint density at radius 1 is 0.900 bits per heavy atom. The van der Waals surface area contributed by atoms with Gasteiger partial charge >= 0.3 is 0 Å². The van der Waals surface area contributed by atoms with Gasteiger partial charge in [-0.2, -0.15) is 0 Å². The molecule has 2 rings (SSSR count). The smallest absolute Gasteiger partial charge is 0.119 e. The molecule has 0 aromatic heterocycles. The highest BCUT2D eigenvalue weighted by atomic mass is 16.5. The topological polar surface area (TPSA) is 21.3 Å². The van der Waals surface area contributed by atoms with Crippen molar-refractivity contribution in [1.82, 2.24) is 5.32 Å². The minimum absolute atomic E-state index is 0.618. The first-order chi connectivity index (χ1) is 9.83. The van der Waals surface area contributed by atoms with Crippen LogP contribution in [0.2, 0.25) is 0 Å². The van der Waals surface area contributed by atoms with Gasteiger partial charge in [0.1, 0.15) is 12.4 Å². The Bertz CT molecular complexity index is 519. The maximum Gasteiger partial charge on any atom is 0.119 e. The summed E-state index contributed by atoms with van der Waals surface area (Å²) >= 11 is 0. The van der Waals surface area contributed by atoms with E-state index in [-0.39, 0.29) is 0 Å². The predicted molar refractivity (Wildman–Crippen MR) is 84.0 cm³/mol. The number of ether oxygens (including phenoxy) is 1. The van der Waals surface area contributed by atoms with Crippen LogP contribution in [0.25, 0.3) is 0 Å². The average molecular weight is 269 g/mol. The third kappa shape index (κ3) is 4.10. The maximum absolute atomic E-state index is 5.88. The molecule has 0 spiro atoms. The van der Waals surface area contributed by atoms with E-state index in [2.05, 4.69) is 55.6 Å². The van der Waals surface area contributed by atoms with Gasteiger partial charge in [0.05, 0.1) is 0 Å². The van der Waals surface area contributed by atoms with E-state index >= 15 is 0 Å². The highest BCUT2D eigenvalue weighted by Gasteiger charge is 2.02. The molecule has 0 atom stereocenters. The third-order valence-corrected chi connectivity index (χ3v) is 3.41. The highest BCUT2D eigenvalue weighted by Crippen LogP contribution is 2.16. The lowest BCUT2D eigenvalue weighted by molar-refractivity contribution is 0.304. The van der Waals surface area contributed by atoms with Gasteiger partial charge in [0.15, 0.2) is 0 Å². The van der Waals surface area contributed by atoms with Crippen molar-refractivity contribution in [2.45, 2.75) is 33.4 Å². The minimum atomic E-state index is 0.618. The molecule has 1 N–H and O–H groups in total. The lowest BCUT2D eigenvalue weighted by Gasteiger charge is -2.11. The summed E-state index contributed by atoms with van der Waals surface area (Å²) in [6.45, 7) is 6.77. The van der Waals surface area contributed by atoms with Gasteiger partial charge in [-0.15, -0.1) is 0 Å². The van der Waals surface area contributed by atoms with Crippen LogP contribution in [0.15, 0.2) is 48.5 Å². The van der Waals surface area contributed by atoms with E-state index in [4.69, 9.17) is 4.74 Å². The van der Waals surface area contributed by atoms with Crippen molar-refractivity contribution >= 4 is 0 Å². The molecule has 0 radical (unpaired) electrons. The fourth-order valence-electron chi connectivity index (χ4n) is 2.11. The zero-order chi connectivity index (χ0) is 14.2. The van der Waals surface area contributed by atoms with Crippen molar-refractivity contribution in [3.63, 3.8) is 0 Å². The minimum Gasteiger partial charge on any atom is -0.489 e. The third-order valence-electron chi connectivity index (χ3n) is 3.41. The Kier molecular flexibility index (Phi) is 5.63.